The third-order valence-corrected chi connectivity index (χ3v) is 0.972. The van der Waals surface area contributed by atoms with Crippen molar-refractivity contribution in [1.82, 2.24) is 0 Å². The van der Waals surface area contributed by atoms with E-state index < -0.39 is 0 Å². The first-order valence-corrected chi connectivity index (χ1v) is 3.51. The molecule has 0 spiro atoms. The summed E-state index contributed by atoms with van der Waals surface area (Å²) in [4.78, 5) is 0. The minimum atomic E-state index is 0.0514. The molecule has 0 radical (unpaired) electrons. The second-order valence-corrected chi connectivity index (χ2v) is 1.85. The highest BCUT2D eigenvalue weighted by Gasteiger charge is 1.76. The molecule has 0 fully saturated rings. The first-order chi connectivity index (χ1) is 5.41. The summed E-state index contributed by atoms with van der Waals surface area (Å²) in [6, 6.07) is 0. The smallest absolute Gasteiger partial charge is 0.0652 e. The van der Waals surface area contributed by atoms with Crippen LogP contribution in [0, 0.1) is 0 Å². The zero-order chi connectivity index (χ0) is 8.36. The SMILES string of the molecule is OC/C=C/COC/C=C/CO. The van der Waals surface area contributed by atoms with Crippen molar-refractivity contribution in [3.63, 3.8) is 0 Å². The molecule has 0 aliphatic heterocycles. The molecule has 0 amide bonds. The molecule has 0 bridgehead atoms. The Bertz CT molecular complexity index is 105. The fourth-order valence-electron chi connectivity index (χ4n) is 0.489. The second-order valence-electron chi connectivity index (χ2n) is 1.85. The molecule has 0 atom stereocenters. The van der Waals surface area contributed by atoms with Crippen molar-refractivity contribution in [3.8, 4) is 0 Å². The Morgan fingerprint density at radius 2 is 1.27 bits per heavy atom. The van der Waals surface area contributed by atoms with Gasteiger partial charge in [0.05, 0.1) is 26.4 Å². The van der Waals surface area contributed by atoms with Gasteiger partial charge in [0.2, 0.25) is 0 Å². The lowest BCUT2D eigenvalue weighted by Crippen LogP contribution is -1.91. The number of hydrogen-bond donors (Lipinski definition) is 2. The van der Waals surface area contributed by atoms with Crippen molar-refractivity contribution < 1.29 is 14.9 Å². The topological polar surface area (TPSA) is 49.7 Å². The molecule has 0 aliphatic carbocycles. The van der Waals surface area contributed by atoms with E-state index in [1.54, 1.807) is 24.3 Å². The van der Waals surface area contributed by atoms with Gasteiger partial charge in [-0.25, -0.2) is 0 Å². The third-order valence-electron chi connectivity index (χ3n) is 0.972. The lowest BCUT2D eigenvalue weighted by Gasteiger charge is -1.93. The van der Waals surface area contributed by atoms with E-state index in [0.29, 0.717) is 13.2 Å². The first-order valence-electron chi connectivity index (χ1n) is 3.51. The number of aliphatic hydroxyl groups is 2. The highest BCUT2D eigenvalue weighted by Crippen LogP contribution is 1.79. The number of hydrogen-bond acceptors (Lipinski definition) is 3. The van der Waals surface area contributed by atoms with E-state index in [1.165, 1.54) is 0 Å². The van der Waals surface area contributed by atoms with E-state index in [1.807, 2.05) is 0 Å². The molecule has 0 unspecified atom stereocenters. The van der Waals surface area contributed by atoms with Gasteiger partial charge >= 0.3 is 0 Å². The van der Waals surface area contributed by atoms with Gasteiger partial charge in [0.1, 0.15) is 0 Å². The molecule has 0 rings (SSSR count). The summed E-state index contributed by atoms with van der Waals surface area (Å²) in [6.07, 6.45) is 6.73. The van der Waals surface area contributed by atoms with Gasteiger partial charge in [0, 0.05) is 0 Å². The normalized spacial score (nSPS) is 11.8. The maximum atomic E-state index is 8.32. The molecule has 3 heteroatoms. The van der Waals surface area contributed by atoms with Crippen molar-refractivity contribution in [3.05, 3.63) is 24.3 Å². The predicted octanol–water partition coefficient (Wildman–Crippen LogP) is 0.1000. The van der Waals surface area contributed by atoms with E-state index in [2.05, 4.69) is 0 Å². The number of aliphatic hydroxyl groups excluding tert-OH is 2. The molecule has 0 saturated carbocycles. The Hall–Kier alpha value is -0.640. The van der Waals surface area contributed by atoms with Crippen LogP contribution in [0.3, 0.4) is 0 Å². The number of rotatable bonds is 6. The molecular weight excluding hydrogens is 144 g/mol. The summed E-state index contributed by atoms with van der Waals surface area (Å²) in [5.74, 6) is 0. The van der Waals surface area contributed by atoms with Crippen LogP contribution in [0.4, 0.5) is 0 Å². The number of ether oxygens (including phenoxy) is 1. The van der Waals surface area contributed by atoms with Crippen LogP contribution < -0.4 is 0 Å². The summed E-state index contributed by atoms with van der Waals surface area (Å²) >= 11 is 0. The van der Waals surface area contributed by atoms with Crippen LogP contribution in [-0.4, -0.2) is 36.6 Å². The maximum absolute atomic E-state index is 8.32. The molecule has 2 N–H and O–H groups in total. The zero-order valence-corrected chi connectivity index (χ0v) is 6.44. The molecule has 0 aromatic heterocycles. The zero-order valence-electron chi connectivity index (χ0n) is 6.44. The molecule has 0 aromatic carbocycles. The van der Waals surface area contributed by atoms with Crippen LogP contribution in [0.2, 0.25) is 0 Å². The molecule has 3 nitrogen and oxygen atoms in total. The highest BCUT2D eigenvalue weighted by molar-refractivity contribution is 4.83. The summed E-state index contributed by atoms with van der Waals surface area (Å²) < 4.78 is 5.04. The largest absolute Gasteiger partial charge is 0.392 e. The van der Waals surface area contributed by atoms with E-state index in [-0.39, 0.29) is 13.2 Å². The first kappa shape index (κ1) is 10.4. The van der Waals surface area contributed by atoms with Crippen molar-refractivity contribution in [2.45, 2.75) is 0 Å². The molecule has 0 aliphatic rings. The van der Waals surface area contributed by atoms with Gasteiger partial charge in [-0.1, -0.05) is 24.3 Å². The van der Waals surface area contributed by atoms with E-state index in [9.17, 15) is 0 Å². The van der Waals surface area contributed by atoms with Gasteiger partial charge < -0.3 is 14.9 Å². The summed E-state index contributed by atoms with van der Waals surface area (Å²) in [5, 5.41) is 16.6. The van der Waals surface area contributed by atoms with Crippen LogP contribution in [0.5, 0.6) is 0 Å². The van der Waals surface area contributed by atoms with Crippen LogP contribution in [0.1, 0.15) is 0 Å². The van der Waals surface area contributed by atoms with Crippen molar-refractivity contribution in [2.75, 3.05) is 26.4 Å². The minimum absolute atomic E-state index is 0.0514. The van der Waals surface area contributed by atoms with Crippen LogP contribution in [-0.2, 0) is 4.74 Å². The van der Waals surface area contributed by atoms with Crippen molar-refractivity contribution in [1.29, 1.82) is 0 Å². The lowest BCUT2D eigenvalue weighted by molar-refractivity contribution is 0.192. The molecule has 0 heterocycles. The van der Waals surface area contributed by atoms with Gasteiger partial charge in [-0.3, -0.25) is 0 Å². The van der Waals surface area contributed by atoms with Gasteiger partial charge in [-0.15, -0.1) is 0 Å². The summed E-state index contributed by atoms with van der Waals surface area (Å²) in [7, 11) is 0. The van der Waals surface area contributed by atoms with E-state index in [0.717, 1.165) is 0 Å². The Balaban J connectivity index is 3.02. The van der Waals surface area contributed by atoms with Crippen molar-refractivity contribution in [2.24, 2.45) is 0 Å². The average Bonchev–Trinajstić information content (AvgIpc) is 2.03. The van der Waals surface area contributed by atoms with Crippen molar-refractivity contribution >= 4 is 0 Å². The standard InChI is InChI=1S/C8H14O3/c9-5-1-3-7-11-8-4-2-6-10/h1-4,9-10H,5-8H2/b3-1+,4-2+. The summed E-state index contributed by atoms with van der Waals surface area (Å²) in [5.41, 5.74) is 0. The van der Waals surface area contributed by atoms with Gasteiger partial charge in [-0.05, 0) is 0 Å². The molecular formula is C8H14O3. The Morgan fingerprint density at radius 3 is 1.64 bits per heavy atom. The second kappa shape index (κ2) is 9.36. The third kappa shape index (κ3) is 9.36. The fraction of sp³-hybridized carbons (Fsp3) is 0.500. The predicted molar refractivity (Wildman–Crippen MR) is 43.3 cm³/mol. The van der Waals surface area contributed by atoms with Crippen LogP contribution in [0.15, 0.2) is 24.3 Å². The quantitative estimate of drug-likeness (QED) is 0.426. The van der Waals surface area contributed by atoms with E-state index >= 15 is 0 Å². The molecule has 64 valence electrons. The molecule has 11 heavy (non-hydrogen) atoms. The Morgan fingerprint density at radius 1 is 0.818 bits per heavy atom. The highest BCUT2D eigenvalue weighted by atomic mass is 16.5. The van der Waals surface area contributed by atoms with Crippen LogP contribution >= 0.6 is 0 Å². The minimum Gasteiger partial charge on any atom is -0.392 e. The maximum Gasteiger partial charge on any atom is 0.0652 e. The average molecular weight is 158 g/mol. The molecule has 0 aromatic rings. The summed E-state index contributed by atoms with van der Waals surface area (Å²) in [6.45, 7) is 1.10. The van der Waals surface area contributed by atoms with Gasteiger partial charge in [-0.2, -0.15) is 0 Å². The lowest BCUT2D eigenvalue weighted by atomic mass is 10.5. The monoisotopic (exact) mass is 158 g/mol. The van der Waals surface area contributed by atoms with E-state index in [4.69, 9.17) is 14.9 Å². The van der Waals surface area contributed by atoms with Gasteiger partial charge in [0.15, 0.2) is 0 Å². The molecule has 0 saturated heterocycles. The Labute approximate surface area is 66.6 Å². The Kier molecular flexibility index (Phi) is 8.82. The fourth-order valence-corrected chi connectivity index (χ4v) is 0.489. The van der Waals surface area contributed by atoms with Gasteiger partial charge in [0.25, 0.3) is 0 Å². The van der Waals surface area contributed by atoms with Crippen LogP contribution in [0.25, 0.3) is 0 Å².